The number of likely N-dealkylation sites (tertiary alicyclic amines) is 1. The van der Waals surface area contributed by atoms with E-state index in [9.17, 15) is 9.59 Å². The van der Waals surface area contributed by atoms with E-state index in [0.29, 0.717) is 13.1 Å². The summed E-state index contributed by atoms with van der Waals surface area (Å²) >= 11 is 0. The highest BCUT2D eigenvalue weighted by Crippen LogP contribution is 2.25. The van der Waals surface area contributed by atoms with Crippen LogP contribution in [-0.4, -0.2) is 42.1 Å². The summed E-state index contributed by atoms with van der Waals surface area (Å²) in [6, 6.07) is 5.69. The van der Waals surface area contributed by atoms with E-state index in [1.807, 2.05) is 32.0 Å². The Hall–Kier alpha value is -2.04. The molecule has 0 aliphatic carbocycles. The number of methoxy groups -OCH3 is 1. The van der Waals surface area contributed by atoms with Gasteiger partial charge in [0.1, 0.15) is 5.75 Å². The zero-order valence-corrected chi connectivity index (χ0v) is 12.6. The average Bonchev–Trinajstić information content (AvgIpc) is 2.83. The highest BCUT2D eigenvalue weighted by atomic mass is 16.5. The monoisotopic (exact) mass is 291 g/mol. The van der Waals surface area contributed by atoms with Gasteiger partial charge in [-0.05, 0) is 30.0 Å². The minimum atomic E-state index is -0.824. The van der Waals surface area contributed by atoms with Gasteiger partial charge in [-0.1, -0.05) is 19.1 Å². The summed E-state index contributed by atoms with van der Waals surface area (Å²) in [4.78, 5) is 25.1. The van der Waals surface area contributed by atoms with Crippen LogP contribution in [0.1, 0.15) is 18.1 Å². The number of ether oxygens (including phenoxy) is 1. The van der Waals surface area contributed by atoms with Crippen LogP contribution in [0.3, 0.4) is 0 Å². The minimum Gasteiger partial charge on any atom is -0.496 e. The van der Waals surface area contributed by atoms with Gasteiger partial charge in [0.2, 0.25) is 5.91 Å². The minimum absolute atomic E-state index is 0.000922. The molecule has 5 nitrogen and oxygen atoms in total. The predicted octanol–water partition coefficient (Wildman–Crippen LogP) is 1.73. The number of hydrogen-bond donors (Lipinski definition) is 1. The van der Waals surface area contributed by atoms with Crippen molar-refractivity contribution in [2.75, 3.05) is 20.2 Å². The number of amides is 1. The van der Waals surface area contributed by atoms with E-state index in [4.69, 9.17) is 9.84 Å². The quantitative estimate of drug-likeness (QED) is 0.917. The maximum atomic E-state index is 12.3. The standard InChI is InChI=1S/C16H21NO4/c1-10-4-5-12(6-14(10)21-3)7-15(18)17-8-11(2)13(9-17)16(19)20/h4-6,11,13H,7-9H2,1-3H3,(H,19,20). The van der Waals surface area contributed by atoms with E-state index >= 15 is 0 Å². The Morgan fingerprint density at radius 2 is 2.10 bits per heavy atom. The Morgan fingerprint density at radius 1 is 1.38 bits per heavy atom. The predicted molar refractivity (Wildman–Crippen MR) is 78.3 cm³/mol. The van der Waals surface area contributed by atoms with Crippen molar-refractivity contribution < 1.29 is 19.4 Å². The van der Waals surface area contributed by atoms with Crippen molar-refractivity contribution in [1.29, 1.82) is 0 Å². The number of benzene rings is 1. The second kappa shape index (κ2) is 6.16. The fourth-order valence-corrected chi connectivity index (χ4v) is 2.75. The summed E-state index contributed by atoms with van der Waals surface area (Å²) in [6.45, 7) is 4.64. The highest BCUT2D eigenvalue weighted by molar-refractivity contribution is 5.81. The van der Waals surface area contributed by atoms with Gasteiger partial charge in [-0.15, -0.1) is 0 Å². The molecule has 1 aliphatic rings. The lowest BCUT2D eigenvalue weighted by molar-refractivity contribution is -0.142. The van der Waals surface area contributed by atoms with Crippen molar-refractivity contribution in [2.45, 2.75) is 20.3 Å². The van der Waals surface area contributed by atoms with Crippen LogP contribution in [0.2, 0.25) is 0 Å². The van der Waals surface area contributed by atoms with E-state index in [1.165, 1.54) is 0 Å². The number of carbonyl (C=O) groups excluding carboxylic acids is 1. The van der Waals surface area contributed by atoms with Gasteiger partial charge in [0.25, 0.3) is 0 Å². The number of carboxylic acids is 1. The Bertz CT molecular complexity index is 555. The summed E-state index contributed by atoms with van der Waals surface area (Å²) < 4.78 is 5.26. The van der Waals surface area contributed by atoms with Gasteiger partial charge in [0.05, 0.1) is 19.4 Å². The molecule has 1 saturated heterocycles. The molecule has 0 bridgehead atoms. The maximum absolute atomic E-state index is 12.3. The SMILES string of the molecule is COc1cc(CC(=O)N2CC(C)C(C(=O)O)C2)ccc1C. The van der Waals surface area contributed by atoms with Crippen molar-refractivity contribution in [3.8, 4) is 5.75 Å². The van der Waals surface area contributed by atoms with Crippen LogP contribution in [0, 0.1) is 18.8 Å². The molecule has 0 radical (unpaired) electrons. The number of carboxylic acid groups (broad SMARTS) is 1. The molecule has 1 N–H and O–H groups in total. The normalized spacial score (nSPS) is 21.4. The summed E-state index contributed by atoms with van der Waals surface area (Å²) in [7, 11) is 1.60. The molecule has 1 aromatic rings. The molecule has 0 aromatic heterocycles. The lowest BCUT2D eigenvalue weighted by Gasteiger charge is -2.16. The van der Waals surface area contributed by atoms with E-state index < -0.39 is 11.9 Å². The molecule has 0 saturated carbocycles. The fourth-order valence-electron chi connectivity index (χ4n) is 2.75. The van der Waals surface area contributed by atoms with Gasteiger partial charge in [-0.2, -0.15) is 0 Å². The molecule has 2 atom stereocenters. The third-order valence-electron chi connectivity index (χ3n) is 4.11. The Labute approximate surface area is 124 Å². The summed E-state index contributed by atoms with van der Waals surface area (Å²) in [5, 5.41) is 9.12. The first-order valence-electron chi connectivity index (χ1n) is 7.06. The van der Waals surface area contributed by atoms with Gasteiger partial charge < -0.3 is 14.7 Å². The molecule has 114 valence electrons. The number of nitrogens with zero attached hydrogens (tertiary/aromatic N) is 1. The molecule has 1 heterocycles. The number of aryl methyl sites for hydroxylation is 1. The van der Waals surface area contributed by atoms with Crippen LogP contribution in [0.15, 0.2) is 18.2 Å². The molecular weight excluding hydrogens is 270 g/mol. The summed E-state index contributed by atoms with van der Waals surface area (Å²) in [5.74, 6) is -0.551. The van der Waals surface area contributed by atoms with Crippen molar-refractivity contribution in [3.05, 3.63) is 29.3 Å². The molecule has 1 aliphatic heterocycles. The first-order valence-corrected chi connectivity index (χ1v) is 7.06. The Morgan fingerprint density at radius 3 is 2.67 bits per heavy atom. The van der Waals surface area contributed by atoms with E-state index in [0.717, 1.165) is 16.9 Å². The van der Waals surface area contributed by atoms with Gasteiger partial charge in [0, 0.05) is 13.1 Å². The maximum Gasteiger partial charge on any atom is 0.308 e. The summed E-state index contributed by atoms with van der Waals surface area (Å²) in [5.41, 5.74) is 1.91. The smallest absolute Gasteiger partial charge is 0.308 e. The molecule has 2 unspecified atom stereocenters. The van der Waals surface area contributed by atoms with Crippen molar-refractivity contribution >= 4 is 11.9 Å². The molecule has 1 aromatic carbocycles. The Kier molecular flexibility index (Phi) is 4.50. The lowest BCUT2D eigenvalue weighted by atomic mass is 9.99. The average molecular weight is 291 g/mol. The molecule has 0 spiro atoms. The van der Waals surface area contributed by atoms with Crippen molar-refractivity contribution in [3.63, 3.8) is 0 Å². The van der Waals surface area contributed by atoms with Crippen LogP contribution >= 0.6 is 0 Å². The second-order valence-corrected chi connectivity index (χ2v) is 5.70. The largest absolute Gasteiger partial charge is 0.496 e. The molecule has 1 amide bonds. The highest BCUT2D eigenvalue weighted by Gasteiger charge is 2.36. The molecular formula is C16H21NO4. The van der Waals surface area contributed by atoms with Crippen molar-refractivity contribution in [2.24, 2.45) is 11.8 Å². The second-order valence-electron chi connectivity index (χ2n) is 5.70. The lowest BCUT2D eigenvalue weighted by Crippen LogP contribution is -2.31. The van der Waals surface area contributed by atoms with Crippen molar-refractivity contribution in [1.82, 2.24) is 4.90 Å². The van der Waals surface area contributed by atoms with E-state index in [2.05, 4.69) is 0 Å². The molecule has 5 heteroatoms. The van der Waals surface area contributed by atoms with Gasteiger partial charge in [-0.3, -0.25) is 9.59 Å². The van der Waals surface area contributed by atoms with Gasteiger partial charge in [-0.25, -0.2) is 0 Å². The Balaban J connectivity index is 2.04. The third-order valence-corrected chi connectivity index (χ3v) is 4.11. The molecule has 2 rings (SSSR count). The molecule has 1 fully saturated rings. The summed E-state index contributed by atoms with van der Waals surface area (Å²) in [6.07, 6.45) is 0.274. The zero-order chi connectivity index (χ0) is 15.6. The van der Waals surface area contributed by atoms with Crippen LogP contribution < -0.4 is 4.74 Å². The number of rotatable bonds is 4. The number of aliphatic carboxylic acids is 1. The van der Waals surface area contributed by atoms with Gasteiger partial charge >= 0.3 is 5.97 Å². The van der Waals surface area contributed by atoms with Gasteiger partial charge in [0.15, 0.2) is 0 Å². The van der Waals surface area contributed by atoms with Crippen LogP contribution in [-0.2, 0) is 16.0 Å². The first-order chi connectivity index (χ1) is 9.92. The first kappa shape index (κ1) is 15.4. The number of carbonyl (C=O) groups is 2. The zero-order valence-electron chi connectivity index (χ0n) is 12.6. The number of hydrogen-bond acceptors (Lipinski definition) is 3. The molecule has 21 heavy (non-hydrogen) atoms. The van der Waals surface area contributed by atoms with E-state index in [-0.39, 0.29) is 18.2 Å². The topological polar surface area (TPSA) is 66.8 Å². The van der Waals surface area contributed by atoms with Crippen LogP contribution in [0.4, 0.5) is 0 Å². The van der Waals surface area contributed by atoms with Crippen LogP contribution in [0.25, 0.3) is 0 Å². The third kappa shape index (κ3) is 3.35. The van der Waals surface area contributed by atoms with Crippen LogP contribution in [0.5, 0.6) is 5.75 Å². The van der Waals surface area contributed by atoms with E-state index in [1.54, 1.807) is 12.0 Å². The fraction of sp³-hybridized carbons (Fsp3) is 0.500.